The Hall–Kier alpha value is -4.40. The molecule has 9 heteroatoms. The third-order valence-electron chi connectivity index (χ3n) is 6.95. The molecule has 4 aromatic rings. The SMILES string of the molecule is Cc1cc(F)ccc1Oc1ccc(CC(=O)[C@@H]2C[C@@H](Cc3ccc(F)cc3)CN2C(=O)Cn2cncn2)cc1. The molecule has 0 aliphatic carbocycles. The largest absolute Gasteiger partial charge is 0.457 e. The van der Waals surface area contributed by atoms with E-state index < -0.39 is 6.04 Å². The number of amides is 1. The highest BCUT2D eigenvalue weighted by atomic mass is 19.1. The molecule has 2 heterocycles. The number of ketones is 1. The minimum absolute atomic E-state index is 0.00187. The third-order valence-corrected chi connectivity index (χ3v) is 6.95. The molecule has 1 fully saturated rings. The molecular weight excluding hydrogens is 502 g/mol. The first-order valence-electron chi connectivity index (χ1n) is 12.8. The molecule has 1 amide bonds. The number of ether oxygens (including phenoxy) is 1. The molecule has 0 bridgehead atoms. The normalized spacial score (nSPS) is 16.8. The summed E-state index contributed by atoms with van der Waals surface area (Å²) in [6, 6.07) is 17.3. The third kappa shape index (κ3) is 6.54. The summed E-state index contributed by atoms with van der Waals surface area (Å²) in [5.74, 6) is 0.330. The molecule has 5 rings (SSSR count). The second-order valence-electron chi connectivity index (χ2n) is 9.89. The van der Waals surface area contributed by atoms with Gasteiger partial charge in [0.25, 0.3) is 0 Å². The predicted octanol–water partition coefficient (Wildman–Crippen LogP) is 4.93. The van der Waals surface area contributed by atoms with Crippen molar-refractivity contribution in [3.63, 3.8) is 0 Å². The monoisotopic (exact) mass is 530 g/mol. The molecule has 0 saturated carbocycles. The molecule has 0 unspecified atom stereocenters. The van der Waals surface area contributed by atoms with Gasteiger partial charge in [-0.25, -0.2) is 18.4 Å². The topological polar surface area (TPSA) is 77.3 Å². The van der Waals surface area contributed by atoms with Crippen LogP contribution >= 0.6 is 0 Å². The Balaban J connectivity index is 1.27. The lowest BCUT2D eigenvalue weighted by Gasteiger charge is -2.23. The molecule has 2 atom stereocenters. The minimum Gasteiger partial charge on any atom is -0.457 e. The summed E-state index contributed by atoms with van der Waals surface area (Å²) in [4.78, 5) is 32.2. The Morgan fingerprint density at radius 3 is 2.38 bits per heavy atom. The van der Waals surface area contributed by atoms with Crippen LogP contribution in [0.15, 0.2) is 79.4 Å². The van der Waals surface area contributed by atoms with E-state index >= 15 is 0 Å². The summed E-state index contributed by atoms with van der Waals surface area (Å²) in [6.07, 6.45) is 4.17. The first-order chi connectivity index (χ1) is 18.8. The second kappa shape index (κ2) is 11.6. The highest BCUT2D eigenvalue weighted by molar-refractivity contribution is 5.91. The summed E-state index contributed by atoms with van der Waals surface area (Å²) in [7, 11) is 0. The second-order valence-corrected chi connectivity index (χ2v) is 9.89. The Bertz CT molecular complexity index is 1440. The van der Waals surface area contributed by atoms with Gasteiger partial charge in [-0.2, -0.15) is 5.10 Å². The van der Waals surface area contributed by atoms with E-state index in [0.717, 1.165) is 11.1 Å². The van der Waals surface area contributed by atoms with Crippen molar-refractivity contribution in [3.05, 3.63) is 108 Å². The fourth-order valence-corrected chi connectivity index (χ4v) is 5.00. The van der Waals surface area contributed by atoms with Crippen LogP contribution in [0.2, 0.25) is 0 Å². The lowest BCUT2D eigenvalue weighted by Crippen LogP contribution is -2.42. The van der Waals surface area contributed by atoms with Gasteiger partial charge >= 0.3 is 0 Å². The summed E-state index contributed by atoms with van der Waals surface area (Å²) >= 11 is 0. The van der Waals surface area contributed by atoms with Crippen LogP contribution in [0.1, 0.15) is 23.1 Å². The molecule has 1 aromatic heterocycles. The van der Waals surface area contributed by atoms with E-state index in [1.807, 2.05) is 12.1 Å². The number of hydrogen-bond donors (Lipinski definition) is 0. The van der Waals surface area contributed by atoms with Gasteiger partial charge < -0.3 is 9.64 Å². The molecule has 200 valence electrons. The molecule has 0 spiro atoms. The van der Waals surface area contributed by atoms with E-state index in [1.54, 1.807) is 42.2 Å². The average molecular weight is 531 g/mol. The van der Waals surface area contributed by atoms with Gasteiger partial charge in [-0.3, -0.25) is 9.59 Å². The van der Waals surface area contributed by atoms with Crippen molar-refractivity contribution >= 4 is 11.7 Å². The number of halogens is 2. The number of nitrogens with zero attached hydrogens (tertiary/aromatic N) is 4. The highest BCUT2D eigenvalue weighted by Crippen LogP contribution is 2.29. The first kappa shape index (κ1) is 26.2. The molecule has 0 radical (unpaired) electrons. The van der Waals surface area contributed by atoms with E-state index in [2.05, 4.69) is 10.1 Å². The van der Waals surface area contributed by atoms with Crippen molar-refractivity contribution in [1.82, 2.24) is 19.7 Å². The molecule has 7 nitrogen and oxygen atoms in total. The van der Waals surface area contributed by atoms with Crippen LogP contribution in [-0.4, -0.2) is 43.9 Å². The van der Waals surface area contributed by atoms with E-state index in [9.17, 15) is 18.4 Å². The molecular formula is C30H28F2N4O3. The molecule has 0 N–H and O–H groups in total. The maximum Gasteiger partial charge on any atom is 0.244 e. The lowest BCUT2D eigenvalue weighted by molar-refractivity contribution is -0.138. The van der Waals surface area contributed by atoms with Crippen LogP contribution in [0.4, 0.5) is 8.78 Å². The van der Waals surface area contributed by atoms with Gasteiger partial charge in [-0.1, -0.05) is 24.3 Å². The number of benzene rings is 3. The van der Waals surface area contributed by atoms with Gasteiger partial charge in [-0.05, 0) is 84.8 Å². The standard InChI is InChI=1S/C30H28F2N4O3/c1-20-12-25(32)8-11-29(20)39-26-9-4-22(5-10-26)15-28(37)27-14-23(13-21-2-6-24(31)7-3-21)16-36(27)30(38)17-35-19-33-18-34-35/h2-12,18-19,23,27H,13-17H2,1H3/t23-,27+/m1/s1. The number of aryl methyl sites for hydroxylation is 1. The molecule has 1 aliphatic rings. The minimum atomic E-state index is -0.565. The Kier molecular flexibility index (Phi) is 7.76. The van der Waals surface area contributed by atoms with Gasteiger partial charge in [0, 0.05) is 13.0 Å². The van der Waals surface area contributed by atoms with Crippen molar-refractivity contribution in [2.24, 2.45) is 5.92 Å². The summed E-state index contributed by atoms with van der Waals surface area (Å²) in [5.41, 5.74) is 2.44. The van der Waals surface area contributed by atoms with Gasteiger partial charge in [-0.15, -0.1) is 0 Å². The van der Waals surface area contributed by atoms with Crippen LogP contribution in [-0.2, 0) is 29.0 Å². The van der Waals surface area contributed by atoms with Gasteiger partial charge in [0.15, 0.2) is 5.78 Å². The zero-order chi connectivity index (χ0) is 27.4. The summed E-state index contributed by atoms with van der Waals surface area (Å²) < 4.78 is 34.0. The summed E-state index contributed by atoms with van der Waals surface area (Å²) in [5, 5.41) is 4.02. The van der Waals surface area contributed by atoms with Crippen molar-refractivity contribution < 1.29 is 23.1 Å². The molecule has 3 aromatic carbocycles. The van der Waals surface area contributed by atoms with Crippen molar-refractivity contribution in [3.8, 4) is 11.5 Å². The van der Waals surface area contributed by atoms with E-state index in [-0.39, 0.29) is 42.2 Å². The zero-order valence-electron chi connectivity index (χ0n) is 21.5. The van der Waals surface area contributed by atoms with Gasteiger partial charge in [0.05, 0.1) is 6.04 Å². The van der Waals surface area contributed by atoms with Crippen molar-refractivity contribution in [2.75, 3.05) is 6.54 Å². The van der Waals surface area contributed by atoms with Crippen LogP contribution in [0.3, 0.4) is 0 Å². The number of carbonyl (C=O) groups is 2. The highest BCUT2D eigenvalue weighted by Gasteiger charge is 2.39. The van der Waals surface area contributed by atoms with E-state index in [0.29, 0.717) is 36.4 Å². The fraction of sp³-hybridized carbons (Fsp3) is 0.267. The Labute approximate surface area is 225 Å². The van der Waals surface area contributed by atoms with Crippen molar-refractivity contribution in [1.29, 1.82) is 0 Å². The number of aromatic nitrogens is 3. The van der Waals surface area contributed by atoms with Crippen LogP contribution in [0, 0.1) is 24.5 Å². The van der Waals surface area contributed by atoms with E-state index in [1.165, 1.54) is 41.6 Å². The average Bonchev–Trinajstić information content (AvgIpc) is 3.58. The Morgan fingerprint density at radius 1 is 0.974 bits per heavy atom. The Morgan fingerprint density at radius 2 is 1.69 bits per heavy atom. The van der Waals surface area contributed by atoms with Crippen LogP contribution in [0.5, 0.6) is 11.5 Å². The zero-order valence-corrected chi connectivity index (χ0v) is 21.5. The number of Topliss-reactive ketones (excluding diaryl/α,β-unsaturated/α-hetero) is 1. The first-order valence-corrected chi connectivity index (χ1v) is 12.8. The van der Waals surface area contributed by atoms with Crippen molar-refractivity contribution in [2.45, 2.75) is 38.8 Å². The quantitative estimate of drug-likeness (QED) is 0.307. The molecule has 1 saturated heterocycles. The molecule has 1 aliphatic heterocycles. The van der Waals surface area contributed by atoms with Crippen LogP contribution in [0.25, 0.3) is 0 Å². The summed E-state index contributed by atoms with van der Waals surface area (Å²) in [6.45, 7) is 2.21. The van der Waals surface area contributed by atoms with Gasteiger partial charge in [0.1, 0.15) is 42.3 Å². The van der Waals surface area contributed by atoms with E-state index in [4.69, 9.17) is 4.74 Å². The molecule has 39 heavy (non-hydrogen) atoms. The number of carbonyl (C=O) groups excluding carboxylic acids is 2. The predicted molar refractivity (Wildman–Crippen MR) is 140 cm³/mol. The number of rotatable bonds is 9. The van der Waals surface area contributed by atoms with Gasteiger partial charge in [0.2, 0.25) is 5.91 Å². The maximum absolute atomic E-state index is 13.5. The lowest BCUT2D eigenvalue weighted by atomic mass is 9.94. The smallest absolute Gasteiger partial charge is 0.244 e. The van der Waals surface area contributed by atoms with Crippen LogP contribution < -0.4 is 4.74 Å². The fourth-order valence-electron chi connectivity index (χ4n) is 5.00. The number of hydrogen-bond acceptors (Lipinski definition) is 5. The maximum atomic E-state index is 13.5. The number of likely N-dealkylation sites (tertiary alicyclic amines) is 1.